The van der Waals surface area contributed by atoms with Crippen LogP contribution in [0.15, 0.2) is 0 Å². The number of hydrogen-bond donors (Lipinski definition) is 2. The van der Waals surface area contributed by atoms with Crippen LogP contribution in [0.2, 0.25) is 0 Å². The first kappa shape index (κ1) is 15.1. The number of thioether (sulfide) groups is 2. The summed E-state index contributed by atoms with van der Waals surface area (Å²) in [6.45, 7) is 3.49. The summed E-state index contributed by atoms with van der Waals surface area (Å²) in [6.07, 6.45) is -0.566. The molecule has 1 aliphatic heterocycles. The molecule has 1 fully saturated rings. The first-order chi connectivity index (χ1) is 8.22. The number of aliphatic hydroxyl groups excluding tert-OH is 1. The van der Waals surface area contributed by atoms with Crippen molar-refractivity contribution in [1.82, 2.24) is 5.32 Å². The number of hydrogen-bond acceptors (Lipinski definition) is 6. The van der Waals surface area contributed by atoms with E-state index in [1.54, 1.807) is 6.92 Å². The quantitative estimate of drug-likeness (QED) is 0.670. The van der Waals surface area contributed by atoms with E-state index in [4.69, 9.17) is 4.74 Å². The minimum Gasteiger partial charge on any atom is -0.466 e. The Kier molecular flexibility index (Phi) is 8.09. The van der Waals surface area contributed by atoms with Crippen molar-refractivity contribution in [1.29, 1.82) is 0 Å². The van der Waals surface area contributed by atoms with Gasteiger partial charge in [-0.25, -0.2) is 0 Å². The van der Waals surface area contributed by atoms with Crippen molar-refractivity contribution in [2.24, 2.45) is 0 Å². The predicted molar refractivity (Wildman–Crippen MR) is 73.7 cm³/mol. The highest BCUT2D eigenvalue weighted by Gasteiger charge is 2.15. The molecule has 0 aliphatic carbocycles. The third kappa shape index (κ3) is 7.18. The number of esters is 1. The van der Waals surface area contributed by atoms with Gasteiger partial charge in [0.25, 0.3) is 0 Å². The molecule has 0 aromatic rings. The Balaban J connectivity index is 2.02. The number of ether oxygens (including phenoxy) is 1. The highest BCUT2D eigenvalue weighted by atomic mass is 32.2. The maximum atomic E-state index is 11.1. The second kappa shape index (κ2) is 9.08. The molecule has 0 radical (unpaired) electrons. The van der Waals surface area contributed by atoms with Gasteiger partial charge < -0.3 is 15.2 Å². The van der Waals surface area contributed by atoms with E-state index < -0.39 is 6.10 Å². The van der Waals surface area contributed by atoms with E-state index >= 15 is 0 Å². The van der Waals surface area contributed by atoms with Gasteiger partial charge in [-0.3, -0.25) is 4.79 Å². The largest absolute Gasteiger partial charge is 0.466 e. The number of rotatable bonds is 7. The van der Waals surface area contributed by atoms with Gasteiger partial charge in [0.2, 0.25) is 0 Å². The van der Waals surface area contributed by atoms with Gasteiger partial charge in [0, 0.05) is 35.6 Å². The molecule has 1 heterocycles. The van der Waals surface area contributed by atoms with Crippen LogP contribution in [0.5, 0.6) is 0 Å². The molecule has 6 heteroatoms. The average Bonchev–Trinajstić information content (AvgIpc) is 2.30. The van der Waals surface area contributed by atoms with Gasteiger partial charge in [0.1, 0.15) is 0 Å². The molecule has 0 bridgehead atoms. The molecule has 1 saturated heterocycles. The van der Waals surface area contributed by atoms with Gasteiger partial charge in [-0.1, -0.05) is 0 Å². The minimum absolute atomic E-state index is 0.0768. The number of aliphatic hydroxyl groups is 1. The summed E-state index contributed by atoms with van der Waals surface area (Å²) in [7, 11) is 0. The van der Waals surface area contributed by atoms with Crippen molar-refractivity contribution in [3.63, 3.8) is 0 Å². The van der Waals surface area contributed by atoms with Gasteiger partial charge in [-0.2, -0.15) is 23.5 Å². The third-order valence-electron chi connectivity index (χ3n) is 2.34. The van der Waals surface area contributed by atoms with Crippen LogP contribution < -0.4 is 5.32 Å². The first-order valence-electron chi connectivity index (χ1n) is 5.96. The molecule has 100 valence electrons. The second-order valence-electron chi connectivity index (χ2n) is 3.89. The lowest BCUT2D eigenvalue weighted by atomic mass is 10.2. The standard InChI is InChI=1S/C11H21NO3S2/c1-2-15-11(14)5-9(13)6-12-7-10-8-16-3-4-17-10/h9-10,12-13H,2-8H2,1H3. The van der Waals surface area contributed by atoms with Crippen LogP contribution in [-0.2, 0) is 9.53 Å². The maximum Gasteiger partial charge on any atom is 0.308 e. The molecule has 17 heavy (non-hydrogen) atoms. The van der Waals surface area contributed by atoms with Gasteiger partial charge in [0.05, 0.1) is 19.1 Å². The van der Waals surface area contributed by atoms with Crippen molar-refractivity contribution in [3.8, 4) is 0 Å². The monoisotopic (exact) mass is 279 g/mol. The van der Waals surface area contributed by atoms with E-state index in [0.29, 0.717) is 18.4 Å². The molecule has 4 nitrogen and oxygen atoms in total. The van der Waals surface area contributed by atoms with Crippen LogP contribution in [0.3, 0.4) is 0 Å². The predicted octanol–water partition coefficient (Wildman–Crippen LogP) is 0.739. The fourth-order valence-electron chi connectivity index (χ4n) is 1.55. The molecular weight excluding hydrogens is 258 g/mol. The fraction of sp³-hybridized carbons (Fsp3) is 0.909. The van der Waals surface area contributed by atoms with Crippen LogP contribution in [-0.4, -0.2) is 59.4 Å². The second-order valence-corrected chi connectivity index (χ2v) is 6.45. The summed E-state index contributed by atoms with van der Waals surface area (Å²) < 4.78 is 4.77. The Morgan fingerprint density at radius 1 is 1.59 bits per heavy atom. The summed E-state index contributed by atoms with van der Waals surface area (Å²) in [6, 6.07) is 0. The lowest BCUT2D eigenvalue weighted by molar-refractivity contribution is -0.145. The normalized spacial score (nSPS) is 22.1. The lowest BCUT2D eigenvalue weighted by Gasteiger charge is -2.21. The van der Waals surface area contributed by atoms with Crippen LogP contribution >= 0.6 is 23.5 Å². The van der Waals surface area contributed by atoms with E-state index in [-0.39, 0.29) is 12.4 Å². The van der Waals surface area contributed by atoms with Gasteiger partial charge in [-0.05, 0) is 6.92 Å². The molecule has 2 unspecified atom stereocenters. The molecule has 1 aliphatic rings. The minimum atomic E-state index is -0.643. The van der Waals surface area contributed by atoms with Crippen molar-refractivity contribution >= 4 is 29.5 Å². The van der Waals surface area contributed by atoms with Crippen LogP contribution in [0.1, 0.15) is 13.3 Å². The first-order valence-corrected chi connectivity index (χ1v) is 8.16. The van der Waals surface area contributed by atoms with E-state index in [1.807, 2.05) is 23.5 Å². The van der Waals surface area contributed by atoms with Crippen LogP contribution in [0, 0.1) is 0 Å². The molecule has 2 N–H and O–H groups in total. The van der Waals surface area contributed by atoms with Crippen molar-refractivity contribution in [2.75, 3.05) is 37.0 Å². The Hall–Kier alpha value is 0.0900. The summed E-state index contributed by atoms with van der Waals surface area (Å²) in [5.41, 5.74) is 0. The molecular formula is C11H21NO3S2. The van der Waals surface area contributed by atoms with E-state index in [1.165, 1.54) is 17.3 Å². The van der Waals surface area contributed by atoms with Gasteiger partial charge >= 0.3 is 5.97 Å². The molecule has 0 saturated carbocycles. The summed E-state index contributed by atoms with van der Waals surface area (Å²) in [5, 5.41) is 13.4. The van der Waals surface area contributed by atoms with E-state index in [2.05, 4.69) is 5.32 Å². The summed E-state index contributed by atoms with van der Waals surface area (Å²) in [4.78, 5) is 11.1. The van der Waals surface area contributed by atoms with Crippen molar-refractivity contribution in [3.05, 3.63) is 0 Å². The highest BCUT2D eigenvalue weighted by Crippen LogP contribution is 2.23. The maximum absolute atomic E-state index is 11.1. The zero-order chi connectivity index (χ0) is 12.5. The van der Waals surface area contributed by atoms with Crippen LogP contribution in [0.25, 0.3) is 0 Å². The molecule has 0 aromatic heterocycles. The topological polar surface area (TPSA) is 58.6 Å². The zero-order valence-electron chi connectivity index (χ0n) is 10.2. The van der Waals surface area contributed by atoms with E-state index in [9.17, 15) is 9.90 Å². The SMILES string of the molecule is CCOC(=O)CC(O)CNCC1CSCCS1. The fourth-order valence-corrected chi connectivity index (χ4v) is 4.20. The zero-order valence-corrected chi connectivity index (χ0v) is 11.8. The highest BCUT2D eigenvalue weighted by molar-refractivity contribution is 8.06. The molecule has 0 spiro atoms. The molecule has 0 amide bonds. The number of nitrogens with one attached hydrogen (secondary N) is 1. The molecule has 0 aromatic carbocycles. The lowest BCUT2D eigenvalue weighted by Crippen LogP contribution is -2.35. The van der Waals surface area contributed by atoms with E-state index in [0.717, 1.165) is 6.54 Å². The summed E-state index contributed by atoms with van der Waals surface area (Å²) in [5.74, 6) is 3.30. The van der Waals surface area contributed by atoms with Crippen molar-refractivity contribution < 1.29 is 14.6 Å². The van der Waals surface area contributed by atoms with Gasteiger partial charge in [0.15, 0.2) is 0 Å². The van der Waals surface area contributed by atoms with Crippen LogP contribution in [0.4, 0.5) is 0 Å². The third-order valence-corrected chi connectivity index (χ3v) is 5.19. The smallest absolute Gasteiger partial charge is 0.308 e. The van der Waals surface area contributed by atoms with Crippen molar-refractivity contribution in [2.45, 2.75) is 24.7 Å². The number of carbonyl (C=O) groups is 1. The Bertz CT molecular complexity index is 223. The molecule has 1 rings (SSSR count). The Labute approximate surface area is 111 Å². The Morgan fingerprint density at radius 3 is 3.06 bits per heavy atom. The molecule has 2 atom stereocenters. The summed E-state index contributed by atoms with van der Waals surface area (Å²) >= 11 is 3.96. The Morgan fingerprint density at radius 2 is 2.41 bits per heavy atom. The average molecular weight is 279 g/mol. The number of carbonyl (C=O) groups excluding carboxylic acids is 1. The van der Waals surface area contributed by atoms with Gasteiger partial charge in [-0.15, -0.1) is 0 Å².